The molecule has 0 spiro atoms. The van der Waals surface area contributed by atoms with Crippen molar-refractivity contribution in [2.45, 2.75) is 37.8 Å². The van der Waals surface area contributed by atoms with Crippen molar-refractivity contribution < 1.29 is 32.9 Å². The molecule has 128 valence electrons. The van der Waals surface area contributed by atoms with Gasteiger partial charge >= 0.3 is 6.18 Å². The van der Waals surface area contributed by atoms with E-state index in [1.165, 1.54) is 25.3 Å². The number of alkyl halides is 3. The van der Waals surface area contributed by atoms with Crippen LogP contribution < -0.4 is 5.32 Å². The van der Waals surface area contributed by atoms with Crippen molar-refractivity contribution in [1.82, 2.24) is 4.98 Å². The SMILES string of the molecule is CC1CC(C(=O)Nc2ccc(C(O)CO)nc2)OC1C(F)(F)F. The van der Waals surface area contributed by atoms with Gasteiger partial charge in [-0.1, -0.05) is 6.92 Å². The van der Waals surface area contributed by atoms with Crippen LogP contribution in [0.2, 0.25) is 0 Å². The zero-order valence-corrected chi connectivity index (χ0v) is 12.2. The first-order chi connectivity index (χ1) is 10.7. The predicted molar refractivity (Wildman–Crippen MR) is 73.4 cm³/mol. The number of pyridine rings is 1. The zero-order chi connectivity index (χ0) is 17.2. The number of aliphatic hydroxyl groups is 2. The number of amides is 1. The highest BCUT2D eigenvalue weighted by Crippen LogP contribution is 2.37. The summed E-state index contributed by atoms with van der Waals surface area (Å²) in [6, 6.07) is 2.83. The Kier molecular flexibility index (Phi) is 5.23. The fourth-order valence-electron chi connectivity index (χ4n) is 2.39. The van der Waals surface area contributed by atoms with Crippen LogP contribution in [0.1, 0.15) is 25.1 Å². The summed E-state index contributed by atoms with van der Waals surface area (Å²) in [6.45, 7) is 0.892. The summed E-state index contributed by atoms with van der Waals surface area (Å²) in [6.07, 6.45) is -7.54. The van der Waals surface area contributed by atoms with Gasteiger partial charge in [-0.2, -0.15) is 13.2 Å². The van der Waals surface area contributed by atoms with Crippen LogP contribution in [-0.2, 0) is 9.53 Å². The van der Waals surface area contributed by atoms with Crippen LogP contribution in [0.3, 0.4) is 0 Å². The van der Waals surface area contributed by atoms with Gasteiger partial charge in [-0.3, -0.25) is 9.78 Å². The molecule has 0 saturated carbocycles. The molecule has 0 aliphatic carbocycles. The molecule has 6 nitrogen and oxygen atoms in total. The molecule has 1 aliphatic heterocycles. The van der Waals surface area contributed by atoms with Gasteiger partial charge < -0.3 is 20.3 Å². The average molecular weight is 334 g/mol. The van der Waals surface area contributed by atoms with Crippen LogP contribution in [0.5, 0.6) is 0 Å². The van der Waals surface area contributed by atoms with Gasteiger partial charge in [0.1, 0.15) is 12.2 Å². The zero-order valence-electron chi connectivity index (χ0n) is 12.2. The van der Waals surface area contributed by atoms with E-state index in [-0.39, 0.29) is 17.8 Å². The van der Waals surface area contributed by atoms with Crippen LogP contribution in [0.4, 0.5) is 18.9 Å². The number of hydrogen-bond acceptors (Lipinski definition) is 5. The van der Waals surface area contributed by atoms with E-state index in [1.54, 1.807) is 0 Å². The van der Waals surface area contributed by atoms with E-state index in [0.29, 0.717) is 0 Å². The Bertz CT molecular complexity index is 550. The maximum Gasteiger partial charge on any atom is 0.414 e. The van der Waals surface area contributed by atoms with Gasteiger partial charge in [0, 0.05) is 0 Å². The number of nitrogens with one attached hydrogen (secondary N) is 1. The van der Waals surface area contributed by atoms with E-state index < -0.39 is 42.9 Å². The Morgan fingerprint density at radius 1 is 1.52 bits per heavy atom. The van der Waals surface area contributed by atoms with Gasteiger partial charge in [0.05, 0.1) is 24.2 Å². The minimum absolute atomic E-state index is 0.0231. The van der Waals surface area contributed by atoms with Crippen LogP contribution in [0.15, 0.2) is 18.3 Å². The van der Waals surface area contributed by atoms with E-state index in [4.69, 9.17) is 9.84 Å². The molecule has 4 unspecified atom stereocenters. The maximum atomic E-state index is 12.7. The lowest BCUT2D eigenvalue weighted by atomic mass is 10.0. The number of carbonyl (C=O) groups is 1. The Hall–Kier alpha value is -1.71. The molecular weight excluding hydrogens is 317 g/mol. The number of aromatic nitrogens is 1. The topological polar surface area (TPSA) is 91.7 Å². The second-order valence-corrected chi connectivity index (χ2v) is 5.46. The molecule has 1 aromatic rings. The van der Waals surface area contributed by atoms with E-state index in [9.17, 15) is 23.1 Å². The largest absolute Gasteiger partial charge is 0.414 e. The third kappa shape index (κ3) is 4.18. The van der Waals surface area contributed by atoms with Gasteiger partial charge in [-0.05, 0) is 24.5 Å². The first kappa shape index (κ1) is 17.6. The Morgan fingerprint density at radius 3 is 2.70 bits per heavy atom. The second kappa shape index (κ2) is 6.81. The van der Waals surface area contributed by atoms with Crippen molar-refractivity contribution in [3.05, 3.63) is 24.0 Å². The van der Waals surface area contributed by atoms with Crippen molar-refractivity contribution in [3.63, 3.8) is 0 Å². The molecule has 0 aromatic carbocycles. The monoisotopic (exact) mass is 334 g/mol. The lowest BCUT2D eigenvalue weighted by molar-refractivity contribution is -0.221. The molecule has 0 bridgehead atoms. The van der Waals surface area contributed by atoms with Crippen LogP contribution >= 0.6 is 0 Å². The highest BCUT2D eigenvalue weighted by Gasteiger charge is 2.51. The average Bonchev–Trinajstić information content (AvgIpc) is 2.89. The van der Waals surface area contributed by atoms with Crippen LogP contribution in [-0.4, -0.2) is 46.1 Å². The Labute approximate surface area is 130 Å². The number of ether oxygens (including phenoxy) is 1. The summed E-state index contributed by atoms with van der Waals surface area (Å²) in [4.78, 5) is 15.8. The number of anilines is 1. The predicted octanol–water partition coefficient (Wildman–Crippen LogP) is 1.40. The van der Waals surface area contributed by atoms with Gasteiger partial charge in [0.15, 0.2) is 6.10 Å². The van der Waals surface area contributed by atoms with Crippen molar-refractivity contribution in [3.8, 4) is 0 Å². The summed E-state index contributed by atoms with van der Waals surface area (Å²) in [5, 5.41) is 20.6. The molecule has 1 fully saturated rings. The van der Waals surface area contributed by atoms with E-state index >= 15 is 0 Å². The highest BCUT2D eigenvalue weighted by molar-refractivity contribution is 5.94. The fourth-order valence-corrected chi connectivity index (χ4v) is 2.39. The minimum Gasteiger partial charge on any atom is -0.393 e. The van der Waals surface area contributed by atoms with Crippen LogP contribution in [0, 0.1) is 5.92 Å². The van der Waals surface area contributed by atoms with Gasteiger partial charge in [-0.15, -0.1) is 0 Å². The molecule has 1 aromatic heterocycles. The molecular formula is C14H17F3N2O4. The Morgan fingerprint density at radius 2 is 2.22 bits per heavy atom. The molecule has 9 heteroatoms. The number of aliphatic hydroxyl groups excluding tert-OH is 2. The van der Waals surface area contributed by atoms with E-state index in [1.807, 2.05) is 0 Å². The lowest BCUT2D eigenvalue weighted by Gasteiger charge is -2.18. The van der Waals surface area contributed by atoms with Crippen molar-refractivity contribution in [2.24, 2.45) is 5.92 Å². The van der Waals surface area contributed by atoms with E-state index in [2.05, 4.69) is 10.3 Å². The van der Waals surface area contributed by atoms with Crippen molar-refractivity contribution >= 4 is 11.6 Å². The third-order valence-corrected chi connectivity index (χ3v) is 3.60. The normalized spacial score (nSPS) is 26.1. The molecule has 23 heavy (non-hydrogen) atoms. The number of carbonyl (C=O) groups excluding carboxylic acids is 1. The third-order valence-electron chi connectivity index (χ3n) is 3.60. The number of rotatable bonds is 4. The summed E-state index contributed by atoms with van der Waals surface area (Å²) in [5.41, 5.74) is 0.476. The number of hydrogen-bond donors (Lipinski definition) is 3. The lowest BCUT2D eigenvalue weighted by Crippen LogP contribution is -2.35. The summed E-state index contributed by atoms with van der Waals surface area (Å²) in [5.74, 6) is -1.48. The van der Waals surface area contributed by atoms with Gasteiger partial charge in [0.25, 0.3) is 5.91 Å². The fraction of sp³-hybridized carbons (Fsp3) is 0.571. The maximum absolute atomic E-state index is 12.7. The number of nitrogens with zero attached hydrogens (tertiary/aromatic N) is 1. The molecule has 4 atom stereocenters. The van der Waals surface area contributed by atoms with Crippen molar-refractivity contribution in [2.75, 3.05) is 11.9 Å². The molecule has 1 saturated heterocycles. The van der Waals surface area contributed by atoms with Gasteiger partial charge in [-0.25, -0.2) is 0 Å². The summed E-state index contributed by atoms with van der Waals surface area (Å²) >= 11 is 0. The molecule has 2 rings (SSSR count). The molecule has 3 N–H and O–H groups in total. The standard InChI is InChI=1S/C14H17F3N2O4/c1-7-4-11(23-12(7)14(15,16)17)13(22)19-8-2-3-9(18-5-8)10(21)6-20/h2-3,5,7,10-12,20-21H,4,6H2,1H3,(H,19,22). The molecule has 0 radical (unpaired) electrons. The number of halogens is 3. The molecule has 1 amide bonds. The quantitative estimate of drug-likeness (QED) is 0.774. The van der Waals surface area contributed by atoms with Crippen molar-refractivity contribution in [1.29, 1.82) is 0 Å². The highest BCUT2D eigenvalue weighted by atomic mass is 19.4. The van der Waals surface area contributed by atoms with Crippen LogP contribution in [0.25, 0.3) is 0 Å². The molecule has 2 heterocycles. The summed E-state index contributed by atoms with van der Waals surface area (Å²) < 4.78 is 43.0. The minimum atomic E-state index is -4.50. The van der Waals surface area contributed by atoms with E-state index in [0.717, 1.165) is 0 Å². The first-order valence-corrected chi connectivity index (χ1v) is 7.00. The Balaban J connectivity index is 1.97. The summed E-state index contributed by atoms with van der Waals surface area (Å²) in [7, 11) is 0. The van der Waals surface area contributed by atoms with Gasteiger partial charge in [0.2, 0.25) is 0 Å². The molecule has 1 aliphatic rings. The first-order valence-electron chi connectivity index (χ1n) is 7.00. The smallest absolute Gasteiger partial charge is 0.393 e. The second-order valence-electron chi connectivity index (χ2n) is 5.46.